The largest absolute Gasteiger partial charge is 0.372 e. The van der Waals surface area contributed by atoms with Gasteiger partial charge in [0.1, 0.15) is 6.54 Å². The van der Waals surface area contributed by atoms with Gasteiger partial charge in [-0.05, 0) is 61.2 Å². The molecule has 0 spiro atoms. The van der Waals surface area contributed by atoms with Crippen LogP contribution in [0.5, 0.6) is 0 Å². The number of halogens is 2. The van der Waals surface area contributed by atoms with Gasteiger partial charge in [0.05, 0.1) is 20.6 Å². The second-order valence-corrected chi connectivity index (χ2v) is 11.0. The van der Waals surface area contributed by atoms with E-state index in [0.29, 0.717) is 0 Å². The van der Waals surface area contributed by atoms with E-state index in [4.69, 9.17) is 23.2 Å². The summed E-state index contributed by atoms with van der Waals surface area (Å²) in [6.07, 6.45) is 3.69. The lowest BCUT2D eigenvalue weighted by molar-refractivity contribution is -0.119. The summed E-state index contributed by atoms with van der Waals surface area (Å²) >= 11 is 12.5. The van der Waals surface area contributed by atoms with Crippen LogP contribution in [0.15, 0.2) is 77.7 Å². The van der Waals surface area contributed by atoms with E-state index in [1.54, 1.807) is 30.3 Å². The standard InChI is InChI=1S/C26H27Cl2N3O3S/c27-23-10-7-11-24(26(23)28)31(35(33,34)22-8-3-1-4-9-22)19-25(32)29-18-20-12-14-21(15-13-20)30-16-5-2-6-17-30/h1,3-4,7-15H,2,5-6,16-19H2,(H,29,32). The molecule has 1 aliphatic rings. The van der Waals surface area contributed by atoms with E-state index in [2.05, 4.69) is 22.3 Å². The Labute approximate surface area is 216 Å². The van der Waals surface area contributed by atoms with Crippen molar-refractivity contribution in [2.24, 2.45) is 0 Å². The maximum absolute atomic E-state index is 13.4. The Hall–Kier alpha value is -2.74. The zero-order valence-electron chi connectivity index (χ0n) is 19.2. The lowest BCUT2D eigenvalue weighted by Gasteiger charge is -2.29. The Kier molecular flexibility index (Phi) is 8.21. The van der Waals surface area contributed by atoms with Crippen LogP contribution in [0, 0.1) is 0 Å². The Morgan fingerprint density at radius 3 is 2.26 bits per heavy atom. The first-order valence-corrected chi connectivity index (χ1v) is 13.7. The molecule has 0 radical (unpaired) electrons. The van der Waals surface area contributed by atoms with Crippen molar-refractivity contribution in [2.45, 2.75) is 30.7 Å². The molecule has 3 aromatic carbocycles. The van der Waals surface area contributed by atoms with Gasteiger partial charge < -0.3 is 10.2 Å². The molecule has 4 rings (SSSR count). The van der Waals surface area contributed by atoms with Crippen molar-refractivity contribution < 1.29 is 13.2 Å². The van der Waals surface area contributed by atoms with Gasteiger partial charge in [-0.25, -0.2) is 8.42 Å². The number of amides is 1. The molecule has 184 valence electrons. The van der Waals surface area contributed by atoms with Crippen LogP contribution >= 0.6 is 23.2 Å². The fourth-order valence-electron chi connectivity index (χ4n) is 4.07. The number of piperidine rings is 1. The number of anilines is 2. The summed E-state index contributed by atoms with van der Waals surface area (Å²) in [7, 11) is -4.07. The lowest BCUT2D eigenvalue weighted by atomic mass is 10.1. The van der Waals surface area contributed by atoms with Gasteiger partial charge in [0.2, 0.25) is 5.91 Å². The molecule has 1 heterocycles. The third-order valence-electron chi connectivity index (χ3n) is 5.97. The van der Waals surface area contributed by atoms with Crippen molar-refractivity contribution >= 4 is 50.5 Å². The van der Waals surface area contributed by atoms with Crippen LogP contribution in [-0.4, -0.2) is 34.0 Å². The molecule has 0 bridgehead atoms. The number of rotatable bonds is 8. The van der Waals surface area contributed by atoms with E-state index in [0.717, 1.165) is 23.0 Å². The number of sulfonamides is 1. The number of hydrogen-bond donors (Lipinski definition) is 1. The number of nitrogens with zero attached hydrogens (tertiary/aromatic N) is 2. The maximum atomic E-state index is 13.4. The normalized spacial score (nSPS) is 13.9. The Balaban J connectivity index is 1.49. The molecule has 1 N–H and O–H groups in total. The van der Waals surface area contributed by atoms with Gasteiger partial charge >= 0.3 is 0 Å². The van der Waals surface area contributed by atoms with Gasteiger partial charge in [-0.1, -0.05) is 59.6 Å². The highest BCUT2D eigenvalue weighted by Crippen LogP contribution is 2.35. The molecule has 0 unspecified atom stereocenters. The minimum absolute atomic E-state index is 0.0529. The van der Waals surface area contributed by atoms with Crippen LogP contribution < -0.4 is 14.5 Å². The number of nitrogens with one attached hydrogen (secondary N) is 1. The molecule has 35 heavy (non-hydrogen) atoms. The van der Waals surface area contributed by atoms with Gasteiger partial charge in [-0.15, -0.1) is 0 Å². The molecule has 1 aliphatic heterocycles. The SMILES string of the molecule is O=C(CN(c1cccc(Cl)c1Cl)S(=O)(=O)c1ccccc1)NCc1ccc(N2CCCCC2)cc1. The number of benzene rings is 3. The molecule has 0 atom stereocenters. The van der Waals surface area contributed by atoms with E-state index < -0.39 is 22.5 Å². The molecule has 1 fully saturated rings. The highest BCUT2D eigenvalue weighted by molar-refractivity contribution is 7.92. The van der Waals surface area contributed by atoms with Crippen LogP contribution in [0.2, 0.25) is 10.0 Å². The molecular weight excluding hydrogens is 505 g/mol. The number of hydrogen-bond acceptors (Lipinski definition) is 4. The molecular formula is C26H27Cl2N3O3S. The first-order valence-electron chi connectivity index (χ1n) is 11.5. The van der Waals surface area contributed by atoms with Crippen molar-refractivity contribution in [3.8, 4) is 0 Å². The van der Waals surface area contributed by atoms with Crippen molar-refractivity contribution in [1.82, 2.24) is 5.32 Å². The van der Waals surface area contributed by atoms with Crippen molar-refractivity contribution in [2.75, 3.05) is 28.8 Å². The average molecular weight is 532 g/mol. The highest BCUT2D eigenvalue weighted by atomic mass is 35.5. The molecule has 1 amide bonds. The molecule has 3 aromatic rings. The first kappa shape index (κ1) is 25.4. The van der Waals surface area contributed by atoms with E-state index in [1.165, 1.54) is 43.1 Å². The molecule has 9 heteroatoms. The Morgan fingerprint density at radius 1 is 0.886 bits per heavy atom. The zero-order chi connectivity index (χ0) is 24.8. The van der Waals surface area contributed by atoms with Gasteiger partial charge in [0.25, 0.3) is 10.0 Å². The summed E-state index contributed by atoms with van der Waals surface area (Å²) in [5, 5.41) is 3.09. The second-order valence-electron chi connectivity index (χ2n) is 8.39. The van der Waals surface area contributed by atoms with Crippen LogP contribution in [-0.2, 0) is 21.4 Å². The van der Waals surface area contributed by atoms with Gasteiger partial charge in [-0.3, -0.25) is 9.10 Å². The topological polar surface area (TPSA) is 69.7 Å². The first-order chi connectivity index (χ1) is 16.9. The lowest BCUT2D eigenvalue weighted by Crippen LogP contribution is -2.40. The summed E-state index contributed by atoms with van der Waals surface area (Å²) in [4.78, 5) is 15.3. The third-order valence-corrected chi connectivity index (χ3v) is 8.55. The molecule has 0 saturated carbocycles. The van der Waals surface area contributed by atoms with Gasteiger partial charge in [0, 0.05) is 25.3 Å². The van der Waals surface area contributed by atoms with Crippen molar-refractivity contribution in [1.29, 1.82) is 0 Å². The average Bonchev–Trinajstić information content (AvgIpc) is 2.89. The second kappa shape index (κ2) is 11.3. The maximum Gasteiger partial charge on any atom is 0.264 e. The smallest absolute Gasteiger partial charge is 0.264 e. The van der Waals surface area contributed by atoms with Crippen LogP contribution in [0.25, 0.3) is 0 Å². The Morgan fingerprint density at radius 2 is 1.57 bits per heavy atom. The van der Waals surface area contributed by atoms with E-state index >= 15 is 0 Å². The number of carbonyl (C=O) groups excluding carboxylic acids is 1. The van der Waals surface area contributed by atoms with Crippen LogP contribution in [0.3, 0.4) is 0 Å². The quantitative estimate of drug-likeness (QED) is 0.416. The predicted molar refractivity (Wildman–Crippen MR) is 142 cm³/mol. The minimum atomic E-state index is -4.07. The van der Waals surface area contributed by atoms with E-state index in [1.807, 2.05) is 12.1 Å². The summed E-state index contributed by atoms with van der Waals surface area (Å²) in [6.45, 7) is 1.96. The Bertz CT molecular complexity index is 1260. The van der Waals surface area contributed by atoms with Crippen molar-refractivity contribution in [3.05, 3.63) is 88.4 Å². The zero-order valence-corrected chi connectivity index (χ0v) is 21.5. The van der Waals surface area contributed by atoms with Crippen LogP contribution in [0.1, 0.15) is 24.8 Å². The van der Waals surface area contributed by atoms with E-state index in [9.17, 15) is 13.2 Å². The summed E-state index contributed by atoms with van der Waals surface area (Å²) in [5.41, 5.74) is 2.25. The summed E-state index contributed by atoms with van der Waals surface area (Å²) in [5.74, 6) is -0.458. The summed E-state index contributed by atoms with van der Waals surface area (Å²) in [6, 6.07) is 20.7. The fourth-order valence-corrected chi connectivity index (χ4v) is 5.97. The molecule has 1 saturated heterocycles. The minimum Gasteiger partial charge on any atom is -0.372 e. The van der Waals surface area contributed by atoms with E-state index in [-0.39, 0.29) is 27.2 Å². The molecule has 6 nitrogen and oxygen atoms in total. The van der Waals surface area contributed by atoms with Gasteiger partial charge in [0.15, 0.2) is 0 Å². The number of carbonyl (C=O) groups is 1. The fraction of sp³-hybridized carbons (Fsp3) is 0.269. The van der Waals surface area contributed by atoms with Gasteiger partial charge in [-0.2, -0.15) is 0 Å². The molecule has 0 aliphatic carbocycles. The molecule has 0 aromatic heterocycles. The highest BCUT2D eigenvalue weighted by Gasteiger charge is 2.29. The predicted octanol–water partition coefficient (Wildman–Crippen LogP) is 5.50. The summed E-state index contributed by atoms with van der Waals surface area (Å²) < 4.78 is 27.9. The van der Waals surface area contributed by atoms with Crippen LogP contribution in [0.4, 0.5) is 11.4 Å². The van der Waals surface area contributed by atoms with Crippen molar-refractivity contribution in [3.63, 3.8) is 0 Å². The third kappa shape index (κ3) is 6.10. The monoisotopic (exact) mass is 531 g/mol.